The molecule has 0 bridgehead atoms. The van der Waals surface area contributed by atoms with Crippen LogP contribution in [0.4, 0.5) is 11.4 Å². The van der Waals surface area contributed by atoms with Crippen LogP contribution in [0, 0.1) is 17.3 Å². The molecule has 0 fully saturated rings. The molecule has 0 aliphatic heterocycles. The molecule has 2 rings (SSSR count). The van der Waals surface area contributed by atoms with Crippen LogP contribution in [0.2, 0.25) is 0 Å². The van der Waals surface area contributed by atoms with Gasteiger partial charge in [0.15, 0.2) is 5.69 Å². The highest BCUT2D eigenvalue weighted by molar-refractivity contribution is 7.87. The Bertz CT molecular complexity index is 788. The van der Waals surface area contributed by atoms with E-state index in [2.05, 4.69) is 0 Å². The highest BCUT2D eigenvalue weighted by atomic mass is 32.2. The summed E-state index contributed by atoms with van der Waals surface area (Å²) in [5, 5.41) is 37.2. The number of hydrogen-bond donors (Lipinski definition) is 4. The maximum Gasteiger partial charge on any atom is 0.339 e. The fourth-order valence-corrected chi connectivity index (χ4v) is 2.72. The average Bonchev–Trinajstić information content (AvgIpc) is 2.47. The van der Waals surface area contributed by atoms with Gasteiger partial charge in [-0.05, 0) is 25.1 Å². The van der Waals surface area contributed by atoms with Crippen molar-refractivity contribution in [1.29, 1.82) is 0 Å². The van der Waals surface area contributed by atoms with Crippen molar-refractivity contribution in [2.75, 3.05) is 0 Å². The zero-order chi connectivity index (χ0) is 17.2. The zero-order valence-corrected chi connectivity index (χ0v) is 12.7. The molecule has 2 aromatic rings. The lowest BCUT2D eigenvalue weighted by Gasteiger charge is -2.18. The molecule has 0 radical (unpaired) electrons. The molecule has 0 amide bonds. The van der Waals surface area contributed by atoms with E-state index in [-0.39, 0.29) is 10.6 Å². The Morgan fingerprint density at radius 1 is 1.00 bits per heavy atom. The summed E-state index contributed by atoms with van der Waals surface area (Å²) >= 11 is 0. The number of aryl methyl sites for hydroxylation is 1. The van der Waals surface area contributed by atoms with Gasteiger partial charge < -0.3 is 14.6 Å². The van der Waals surface area contributed by atoms with E-state index >= 15 is 0 Å². The summed E-state index contributed by atoms with van der Waals surface area (Å²) in [6.07, 6.45) is 0. The van der Waals surface area contributed by atoms with Crippen LogP contribution in [-0.4, -0.2) is 18.8 Å². The van der Waals surface area contributed by atoms with E-state index < -0.39 is 32.0 Å². The Morgan fingerprint density at radius 2 is 1.61 bits per heavy atom. The average molecular weight is 342 g/mol. The number of quaternary nitrogens is 2. The first-order chi connectivity index (χ1) is 10.7. The van der Waals surface area contributed by atoms with Gasteiger partial charge in [-0.1, -0.05) is 17.7 Å². The Morgan fingerprint density at radius 3 is 2.13 bits per heavy atom. The van der Waals surface area contributed by atoms with Crippen LogP contribution < -0.4 is 14.6 Å². The third-order valence-corrected chi connectivity index (χ3v) is 4.21. The van der Waals surface area contributed by atoms with E-state index in [0.717, 1.165) is 23.8 Å². The third-order valence-electron chi connectivity index (χ3n) is 2.97. The second-order valence-corrected chi connectivity index (χ2v) is 6.22. The van der Waals surface area contributed by atoms with Gasteiger partial charge in [-0.15, -0.1) is 0 Å². The van der Waals surface area contributed by atoms with Gasteiger partial charge in [-0.2, -0.15) is 18.9 Å². The Hall–Kier alpha value is -2.05. The van der Waals surface area contributed by atoms with E-state index in [4.69, 9.17) is 14.6 Å². The zero-order valence-electron chi connectivity index (χ0n) is 11.9. The molecular formula is C13H14N2O7S. The van der Waals surface area contributed by atoms with Gasteiger partial charge in [-0.25, -0.2) is 10.4 Å². The van der Waals surface area contributed by atoms with E-state index in [0.29, 0.717) is 0 Å². The predicted octanol–water partition coefficient (Wildman–Crippen LogP) is -0.430. The van der Waals surface area contributed by atoms with E-state index in [1.165, 1.54) is 12.1 Å². The number of rotatable bonds is 5. The maximum absolute atomic E-state index is 12.2. The van der Waals surface area contributed by atoms with E-state index in [1.54, 1.807) is 19.1 Å². The molecule has 0 saturated heterocycles. The van der Waals surface area contributed by atoms with Gasteiger partial charge in [0.2, 0.25) is 11.4 Å². The van der Waals surface area contributed by atoms with Crippen LogP contribution in [0.1, 0.15) is 5.56 Å². The van der Waals surface area contributed by atoms with Crippen LogP contribution in [0.25, 0.3) is 0 Å². The molecule has 23 heavy (non-hydrogen) atoms. The van der Waals surface area contributed by atoms with Crippen molar-refractivity contribution in [3.05, 3.63) is 58.4 Å². The lowest BCUT2D eigenvalue weighted by molar-refractivity contribution is -0.996. The Labute approximate surface area is 131 Å². The van der Waals surface area contributed by atoms with Crippen molar-refractivity contribution in [1.82, 2.24) is 0 Å². The quantitative estimate of drug-likeness (QED) is 0.427. The molecule has 0 heterocycles. The Kier molecular flexibility index (Phi) is 4.97. The van der Waals surface area contributed by atoms with Gasteiger partial charge in [0.1, 0.15) is 4.90 Å². The standard InChI is InChI=1S/C13H14N2O7S/c1-9-2-5-11(6-3-9)23(20,21)22-13-7-4-10(14(16)17)8-12(13)15(18)19/h2-8,14-16,18H,1H3. The van der Waals surface area contributed by atoms with Crippen LogP contribution in [0.15, 0.2) is 47.4 Å². The van der Waals surface area contributed by atoms with Crippen molar-refractivity contribution in [2.45, 2.75) is 11.8 Å². The molecular weight excluding hydrogens is 328 g/mol. The first-order valence-electron chi connectivity index (χ1n) is 6.32. The summed E-state index contributed by atoms with van der Waals surface area (Å²) in [5.74, 6) is -0.455. The molecule has 0 aromatic heterocycles. The molecule has 2 atom stereocenters. The lowest BCUT2D eigenvalue weighted by atomic mass is 10.2. The van der Waals surface area contributed by atoms with Gasteiger partial charge in [0.05, 0.1) is 6.07 Å². The van der Waals surface area contributed by atoms with E-state index in [1.807, 2.05) is 0 Å². The second-order valence-electron chi connectivity index (χ2n) is 4.67. The van der Waals surface area contributed by atoms with Crippen LogP contribution >= 0.6 is 0 Å². The van der Waals surface area contributed by atoms with E-state index in [9.17, 15) is 18.8 Å². The first-order valence-corrected chi connectivity index (χ1v) is 7.73. The van der Waals surface area contributed by atoms with Crippen LogP contribution in [-0.2, 0) is 10.1 Å². The molecule has 0 aliphatic rings. The fraction of sp³-hybridized carbons (Fsp3) is 0.0769. The summed E-state index contributed by atoms with van der Waals surface area (Å²) in [5.41, 5.74) is 0.00376. The normalized spacial score (nSPS) is 14.3. The van der Waals surface area contributed by atoms with Crippen molar-refractivity contribution in [3.63, 3.8) is 0 Å². The van der Waals surface area contributed by atoms with Gasteiger partial charge >= 0.3 is 10.1 Å². The molecule has 0 aliphatic carbocycles. The SMILES string of the molecule is Cc1ccc(S(=O)(=O)Oc2ccc([NH+]([O-])O)cc2[NH+]([O-])O)cc1. The molecule has 4 N–H and O–H groups in total. The van der Waals surface area contributed by atoms with Gasteiger partial charge in [-0.3, -0.25) is 0 Å². The fourth-order valence-electron chi connectivity index (χ4n) is 1.77. The van der Waals surface area contributed by atoms with Gasteiger partial charge in [0.25, 0.3) is 0 Å². The maximum atomic E-state index is 12.2. The predicted molar refractivity (Wildman–Crippen MR) is 77.0 cm³/mol. The summed E-state index contributed by atoms with van der Waals surface area (Å²) in [6, 6.07) is 8.70. The molecule has 0 saturated carbocycles. The van der Waals surface area contributed by atoms with Crippen molar-refractivity contribution in [2.24, 2.45) is 0 Å². The lowest BCUT2D eigenvalue weighted by Crippen LogP contribution is -3.00. The third kappa shape index (κ3) is 4.03. The number of nitrogens with one attached hydrogen (secondary N) is 2. The molecule has 2 unspecified atom stereocenters. The monoisotopic (exact) mass is 342 g/mol. The highest BCUT2D eigenvalue weighted by Gasteiger charge is 2.22. The van der Waals surface area contributed by atoms with Crippen LogP contribution in [0.5, 0.6) is 5.75 Å². The summed E-state index contributed by atoms with van der Waals surface area (Å²) < 4.78 is 29.2. The molecule has 0 spiro atoms. The van der Waals surface area contributed by atoms with Crippen molar-refractivity contribution in [3.8, 4) is 5.75 Å². The second kappa shape index (κ2) is 6.60. The van der Waals surface area contributed by atoms with Gasteiger partial charge in [0, 0.05) is 6.07 Å². The minimum Gasteiger partial charge on any atom is -0.595 e. The topological polar surface area (TPSA) is 139 Å². The highest BCUT2D eigenvalue weighted by Crippen LogP contribution is 2.27. The first kappa shape index (κ1) is 17.3. The molecule has 10 heteroatoms. The minimum absolute atomic E-state index is 0.137. The van der Waals surface area contributed by atoms with Crippen molar-refractivity contribution < 1.29 is 33.5 Å². The largest absolute Gasteiger partial charge is 0.595 e. The van der Waals surface area contributed by atoms with Crippen molar-refractivity contribution >= 4 is 21.5 Å². The minimum atomic E-state index is -4.23. The summed E-state index contributed by atoms with van der Waals surface area (Å²) in [7, 11) is -4.23. The molecule has 124 valence electrons. The number of benzene rings is 2. The summed E-state index contributed by atoms with van der Waals surface area (Å²) in [4.78, 5) is -0.137. The molecule has 9 nitrogen and oxygen atoms in total. The Balaban J connectivity index is 2.40. The smallest absolute Gasteiger partial charge is 0.339 e. The summed E-state index contributed by atoms with van der Waals surface area (Å²) in [6.45, 7) is 1.78. The molecule has 2 aromatic carbocycles. The number of hydrogen-bond acceptors (Lipinski definition) is 7. The van der Waals surface area contributed by atoms with Crippen LogP contribution in [0.3, 0.4) is 0 Å².